The quantitative estimate of drug-likeness (QED) is 0.740. The van der Waals surface area contributed by atoms with Crippen molar-refractivity contribution in [3.63, 3.8) is 0 Å². The maximum absolute atomic E-state index is 12.8. The fourth-order valence-electron chi connectivity index (χ4n) is 5.35. The molecule has 4 rings (SSSR count). The summed E-state index contributed by atoms with van der Waals surface area (Å²) in [7, 11) is 0. The standard InChI is InChI=1S/C23H34N4O3/c28-20-13-21(23(30)25-15-18-6-3-9-24-14-18)27(16-20)19-7-10-26(11-8-19)22(29)12-17-4-1-2-5-17/h3,6,9,14,17,19-21,28H,1-2,4-5,7-8,10-13,15-16H2,(H,25,30)/t20-,21+/m1/s1. The lowest BCUT2D eigenvalue weighted by Crippen LogP contribution is -2.52. The molecule has 2 N–H and O–H groups in total. The molecular formula is C23H34N4O3. The van der Waals surface area contributed by atoms with Crippen LogP contribution in [0.5, 0.6) is 0 Å². The van der Waals surface area contributed by atoms with Crippen molar-refractivity contribution in [2.45, 2.75) is 76.1 Å². The molecule has 2 aliphatic heterocycles. The Morgan fingerprint density at radius 3 is 2.63 bits per heavy atom. The first-order valence-corrected chi connectivity index (χ1v) is 11.5. The van der Waals surface area contributed by atoms with Crippen LogP contribution < -0.4 is 5.32 Å². The van der Waals surface area contributed by atoms with Gasteiger partial charge in [-0.15, -0.1) is 0 Å². The van der Waals surface area contributed by atoms with E-state index < -0.39 is 6.10 Å². The van der Waals surface area contributed by atoms with Gasteiger partial charge in [0.25, 0.3) is 0 Å². The van der Waals surface area contributed by atoms with E-state index >= 15 is 0 Å². The van der Waals surface area contributed by atoms with Crippen molar-refractivity contribution in [2.75, 3.05) is 19.6 Å². The van der Waals surface area contributed by atoms with Gasteiger partial charge in [-0.2, -0.15) is 0 Å². The first-order chi connectivity index (χ1) is 14.6. The number of rotatable bonds is 6. The van der Waals surface area contributed by atoms with Gasteiger partial charge in [0.05, 0.1) is 12.1 Å². The molecule has 3 fully saturated rings. The predicted molar refractivity (Wildman–Crippen MR) is 113 cm³/mol. The van der Waals surface area contributed by atoms with Gasteiger partial charge in [0.1, 0.15) is 0 Å². The number of nitrogens with one attached hydrogen (secondary N) is 1. The molecule has 1 aliphatic carbocycles. The SMILES string of the molecule is O=C(NCc1cccnc1)[C@@H]1C[C@@H](O)CN1C1CCN(C(=O)CC2CCCC2)CC1. The molecule has 1 saturated carbocycles. The Labute approximate surface area is 178 Å². The fourth-order valence-corrected chi connectivity index (χ4v) is 5.35. The van der Waals surface area contributed by atoms with E-state index in [0.717, 1.165) is 31.5 Å². The zero-order valence-corrected chi connectivity index (χ0v) is 17.7. The van der Waals surface area contributed by atoms with Crippen LogP contribution in [0.4, 0.5) is 0 Å². The van der Waals surface area contributed by atoms with Gasteiger partial charge in [0.15, 0.2) is 0 Å². The van der Waals surface area contributed by atoms with Gasteiger partial charge in [0.2, 0.25) is 11.8 Å². The molecule has 1 aromatic rings. The van der Waals surface area contributed by atoms with Crippen LogP contribution in [0.25, 0.3) is 0 Å². The number of hydrogen-bond acceptors (Lipinski definition) is 5. The van der Waals surface area contributed by atoms with Gasteiger partial charge in [-0.05, 0) is 49.7 Å². The van der Waals surface area contributed by atoms with E-state index in [0.29, 0.717) is 37.8 Å². The lowest BCUT2D eigenvalue weighted by molar-refractivity contribution is -0.134. The molecule has 7 heteroatoms. The van der Waals surface area contributed by atoms with Crippen LogP contribution in [0.15, 0.2) is 24.5 Å². The van der Waals surface area contributed by atoms with Gasteiger partial charge >= 0.3 is 0 Å². The molecule has 0 spiro atoms. The Morgan fingerprint density at radius 2 is 1.93 bits per heavy atom. The van der Waals surface area contributed by atoms with E-state index in [1.54, 1.807) is 12.4 Å². The highest BCUT2D eigenvalue weighted by molar-refractivity contribution is 5.82. The van der Waals surface area contributed by atoms with Crippen LogP contribution in [0.1, 0.15) is 56.9 Å². The third-order valence-electron chi connectivity index (χ3n) is 7.03. The van der Waals surface area contributed by atoms with Crippen LogP contribution in [-0.2, 0) is 16.1 Å². The second-order valence-corrected chi connectivity index (χ2v) is 9.15. The summed E-state index contributed by atoms with van der Waals surface area (Å²) in [5.41, 5.74) is 0.963. The van der Waals surface area contributed by atoms with Crippen LogP contribution in [0.2, 0.25) is 0 Å². The second-order valence-electron chi connectivity index (χ2n) is 9.15. The van der Waals surface area contributed by atoms with Gasteiger partial charge < -0.3 is 15.3 Å². The summed E-state index contributed by atoms with van der Waals surface area (Å²) in [6, 6.07) is 3.73. The number of amides is 2. The Kier molecular flexibility index (Phi) is 7.00. The molecule has 0 aromatic carbocycles. The Hall–Kier alpha value is -1.99. The van der Waals surface area contributed by atoms with E-state index in [1.807, 2.05) is 17.0 Å². The third-order valence-corrected chi connectivity index (χ3v) is 7.03. The minimum Gasteiger partial charge on any atom is -0.392 e. The average molecular weight is 415 g/mol. The van der Waals surface area contributed by atoms with E-state index in [2.05, 4.69) is 15.2 Å². The van der Waals surface area contributed by atoms with Crippen LogP contribution in [0, 0.1) is 5.92 Å². The van der Waals surface area contributed by atoms with Crippen molar-refractivity contribution in [2.24, 2.45) is 5.92 Å². The summed E-state index contributed by atoms with van der Waals surface area (Å²) >= 11 is 0. The number of piperidine rings is 1. The van der Waals surface area contributed by atoms with Crippen LogP contribution in [0.3, 0.4) is 0 Å². The van der Waals surface area contributed by atoms with Crippen molar-refractivity contribution in [3.8, 4) is 0 Å². The van der Waals surface area contributed by atoms with Crippen LogP contribution >= 0.6 is 0 Å². The molecule has 3 heterocycles. The maximum Gasteiger partial charge on any atom is 0.237 e. The molecule has 0 unspecified atom stereocenters. The van der Waals surface area contributed by atoms with E-state index in [4.69, 9.17) is 0 Å². The number of likely N-dealkylation sites (tertiary alicyclic amines) is 2. The summed E-state index contributed by atoms with van der Waals surface area (Å²) < 4.78 is 0. The van der Waals surface area contributed by atoms with Crippen molar-refractivity contribution in [1.29, 1.82) is 0 Å². The number of β-amino-alcohol motifs (C(OH)–C–C–N with tert-alkyl or cyclic N) is 1. The molecule has 30 heavy (non-hydrogen) atoms. The fraction of sp³-hybridized carbons (Fsp3) is 0.696. The highest BCUT2D eigenvalue weighted by atomic mass is 16.3. The molecule has 0 bridgehead atoms. The topological polar surface area (TPSA) is 85.8 Å². The zero-order valence-electron chi connectivity index (χ0n) is 17.7. The highest BCUT2D eigenvalue weighted by Crippen LogP contribution is 2.30. The van der Waals surface area contributed by atoms with E-state index in [1.165, 1.54) is 25.7 Å². The molecule has 2 saturated heterocycles. The largest absolute Gasteiger partial charge is 0.392 e. The van der Waals surface area contributed by atoms with Crippen molar-refractivity contribution < 1.29 is 14.7 Å². The van der Waals surface area contributed by atoms with Gasteiger partial charge in [-0.3, -0.25) is 19.5 Å². The van der Waals surface area contributed by atoms with Gasteiger partial charge in [-0.1, -0.05) is 18.9 Å². The van der Waals surface area contributed by atoms with Crippen molar-refractivity contribution in [1.82, 2.24) is 20.1 Å². The monoisotopic (exact) mass is 414 g/mol. The molecule has 164 valence electrons. The maximum atomic E-state index is 12.8. The molecular weight excluding hydrogens is 380 g/mol. The highest BCUT2D eigenvalue weighted by Gasteiger charge is 2.41. The number of aliphatic hydroxyl groups excluding tert-OH is 1. The normalized spacial score (nSPS) is 26.2. The number of carbonyl (C=O) groups is 2. The molecule has 0 radical (unpaired) electrons. The Balaban J connectivity index is 1.28. The smallest absolute Gasteiger partial charge is 0.237 e. The van der Waals surface area contributed by atoms with Gasteiger partial charge in [0, 0.05) is 51.0 Å². The summed E-state index contributed by atoms with van der Waals surface area (Å²) in [5.74, 6) is 0.847. The number of aromatic nitrogens is 1. The summed E-state index contributed by atoms with van der Waals surface area (Å²) in [6.45, 7) is 2.49. The van der Waals surface area contributed by atoms with Crippen LogP contribution in [-0.4, -0.2) is 69.5 Å². The summed E-state index contributed by atoms with van der Waals surface area (Å²) in [5, 5.41) is 13.2. The lowest BCUT2D eigenvalue weighted by atomic mass is 9.99. The lowest BCUT2D eigenvalue weighted by Gasteiger charge is -2.39. The molecule has 7 nitrogen and oxygen atoms in total. The second kappa shape index (κ2) is 9.88. The Morgan fingerprint density at radius 1 is 1.17 bits per heavy atom. The molecule has 3 aliphatic rings. The minimum atomic E-state index is -0.471. The zero-order chi connectivity index (χ0) is 20.9. The van der Waals surface area contributed by atoms with Gasteiger partial charge in [-0.25, -0.2) is 0 Å². The summed E-state index contributed by atoms with van der Waals surface area (Å²) in [6.07, 6.45) is 10.8. The number of aliphatic hydroxyl groups is 1. The first-order valence-electron chi connectivity index (χ1n) is 11.5. The number of carbonyl (C=O) groups excluding carboxylic acids is 2. The Bertz CT molecular complexity index is 714. The summed E-state index contributed by atoms with van der Waals surface area (Å²) in [4.78, 5) is 33.7. The van der Waals surface area contributed by atoms with Crippen molar-refractivity contribution in [3.05, 3.63) is 30.1 Å². The van der Waals surface area contributed by atoms with E-state index in [9.17, 15) is 14.7 Å². The van der Waals surface area contributed by atoms with E-state index in [-0.39, 0.29) is 18.0 Å². The molecule has 1 aromatic heterocycles. The molecule has 2 amide bonds. The predicted octanol–water partition coefficient (Wildman–Crippen LogP) is 1.70. The first kappa shape index (κ1) is 21.2. The number of nitrogens with zero attached hydrogens (tertiary/aromatic N) is 3. The number of pyridine rings is 1. The molecule has 2 atom stereocenters. The third kappa shape index (κ3) is 5.19. The van der Waals surface area contributed by atoms with Crippen molar-refractivity contribution >= 4 is 11.8 Å². The average Bonchev–Trinajstić information content (AvgIpc) is 3.42. The number of hydrogen-bond donors (Lipinski definition) is 2. The minimum absolute atomic E-state index is 0.0323.